The molecule has 1 aliphatic rings. The molecule has 136 valence electrons. The molecule has 3 aromatic rings. The van der Waals surface area contributed by atoms with Crippen LogP contribution in [0.2, 0.25) is 0 Å². The van der Waals surface area contributed by atoms with Gasteiger partial charge in [-0.3, -0.25) is 0 Å². The van der Waals surface area contributed by atoms with E-state index in [9.17, 15) is 8.42 Å². The lowest BCUT2D eigenvalue weighted by molar-refractivity contribution is 0.317. The Bertz CT molecular complexity index is 1030. The van der Waals surface area contributed by atoms with Gasteiger partial charge in [0.15, 0.2) is 5.65 Å². The van der Waals surface area contributed by atoms with Crippen LogP contribution in [0.25, 0.3) is 16.8 Å². The molecular weight excluding hydrogens is 352 g/mol. The van der Waals surface area contributed by atoms with Crippen LogP contribution in [0.5, 0.6) is 5.75 Å². The number of ether oxygens (including phenoxy) is 1. The Hall–Kier alpha value is -2.45. The van der Waals surface area contributed by atoms with Gasteiger partial charge in [0.1, 0.15) is 5.75 Å². The molecule has 2 aromatic heterocycles. The van der Waals surface area contributed by atoms with E-state index in [-0.39, 0.29) is 5.75 Å². The lowest BCUT2D eigenvalue weighted by Gasteiger charge is -2.10. The molecule has 0 saturated carbocycles. The van der Waals surface area contributed by atoms with E-state index in [2.05, 4.69) is 9.82 Å². The first-order chi connectivity index (χ1) is 12.6. The number of nitrogens with zero attached hydrogens (tertiary/aromatic N) is 3. The van der Waals surface area contributed by atoms with Crippen molar-refractivity contribution in [2.45, 2.75) is 19.3 Å². The Labute approximate surface area is 152 Å². The molecule has 1 N–H and O–H groups in total. The van der Waals surface area contributed by atoms with Gasteiger partial charge < -0.3 is 4.74 Å². The summed E-state index contributed by atoms with van der Waals surface area (Å²) >= 11 is 0. The van der Waals surface area contributed by atoms with E-state index in [4.69, 9.17) is 9.72 Å². The monoisotopic (exact) mass is 372 g/mol. The molecule has 4 bridgehead atoms. The van der Waals surface area contributed by atoms with Gasteiger partial charge in [0.2, 0.25) is 10.0 Å². The fourth-order valence-corrected chi connectivity index (χ4v) is 4.11. The molecule has 0 aliphatic carbocycles. The van der Waals surface area contributed by atoms with Gasteiger partial charge in [-0.1, -0.05) is 12.1 Å². The minimum absolute atomic E-state index is 0.0600. The number of hydrogen-bond donors (Lipinski definition) is 1. The molecule has 0 unspecified atom stereocenters. The van der Waals surface area contributed by atoms with Crippen molar-refractivity contribution in [1.82, 2.24) is 19.3 Å². The fraction of sp³-hybridized carbons (Fsp3) is 0.333. The number of nitrogens with one attached hydrogen (secondary N) is 1. The van der Waals surface area contributed by atoms with E-state index in [1.54, 1.807) is 4.52 Å². The third-order valence-corrected chi connectivity index (χ3v) is 5.80. The van der Waals surface area contributed by atoms with Crippen molar-refractivity contribution >= 4 is 15.7 Å². The number of fused-ring (bicyclic) bond motifs is 4. The van der Waals surface area contributed by atoms with E-state index in [1.807, 2.05) is 42.7 Å². The first kappa shape index (κ1) is 17.0. The molecule has 4 rings (SSSR count). The Balaban J connectivity index is 1.73. The lowest BCUT2D eigenvalue weighted by atomic mass is 10.1. The lowest BCUT2D eigenvalue weighted by Crippen LogP contribution is -2.28. The number of sulfonamides is 1. The third kappa shape index (κ3) is 3.71. The maximum Gasteiger partial charge on any atom is 0.211 e. The van der Waals surface area contributed by atoms with Gasteiger partial charge in [-0.25, -0.2) is 22.6 Å². The van der Waals surface area contributed by atoms with Crippen molar-refractivity contribution in [1.29, 1.82) is 0 Å². The summed E-state index contributed by atoms with van der Waals surface area (Å²) in [6, 6.07) is 9.63. The normalized spacial score (nSPS) is 17.8. The highest BCUT2D eigenvalue weighted by atomic mass is 32.2. The van der Waals surface area contributed by atoms with E-state index in [1.165, 1.54) is 0 Å². The number of rotatable bonds is 0. The molecule has 0 fully saturated rings. The molecule has 0 spiro atoms. The summed E-state index contributed by atoms with van der Waals surface area (Å²) in [6.45, 7) is 0.753. The van der Waals surface area contributed by atoms with Gasteiger partial charge in [0, 0.05) is 24.0 Å². The second-order valence-corrected chi connectivity index (χ2v) is 8.22. The van der Waals surface area contributed by atoms with Gasteiger partial charge in [0.05, 0.1) is 18.6 Å². The Morgan fingerprint density at radius 1 is 1.19 bits per heavy atom. The SMILES string of the molecule is O=S1(=O)CCCOc2cccc(c2)-c2cnn3ccc(nc23)CCCN1. The first-order valence-corrected chi connectivity index (χ1v) is 10.3. The molecular formula is C18H20N4O3S. The summed E-state index contributed by atoms with van der Waals surface area (Å²) in [4.78, 5) is 4.72. The van der Waals surface area contributed by atoms with Crippen LogP contribution in [0.3, 0.4) is 0 Å². The zero-order valence-corrected chi connectivity index (χ0v) is 15.1. The fourth-order valence-electron chi connectivity index (χ4n) is 3.01. The maximum absolute atomic E-state index is 12.0. The zero-order valence-electron chi connectivity index (χ0n) is 14.3. The number of hydrogen-bond acceptors (Lipinski definition) is 5. The summed E-state index contributed by atoms with van der Waals surface area (Å²) in [6.07, 6.45) is 5.53. The van der Waals surface area contributed by atoms with Crippen molar-refractivity contribution < 1.29 is 13.2 Å². The standard InChI is InChI=1S/C18H20N4O3S/c23-26(24)11-3-10-25-16-6-1-4-14(12-16)17-13-19-22-9-7-15(21-18(17)22)5-2-8-20-26/h1,4,6-7,9,12-13,20H,2-3,5,8,10-11H2. The van der Waals surface area contributed by atoms with Crippen LogP contribution in [0, 0.1) is 0 Å². The summed E-state index contributed by atoms with van der Waals surface area (Å²) in [5, 5.41) is 4.38. The average Bonchev–Trinajstić information content (AvgIpc) is 3.05. The molecule has 0 saturated heterocycles. The Morgan fingerprint density at radius 2 is 2.12 bits per heavy atom. The molecule has 3 heterocycles. The van der Waals surface area contributed by atoms with E-state index in [0.717, 1.165) is 22.5 Å². The minimum Gasteiger partial charge on any atom is -0.494 e. The highest BCUT2D eigenvalue weighted by Crippen LogP contribution is 2.27. The zero-order chi connectivity index (χ0) is 18.0. The van der Waals surface area contributed by atoms with Gasteiger partial charge in [-0.05, 0) is 43.0 Å². The molecule has 1 aromatic carbocycles. The van der Waals surface area contributed by atoms with E-state index >= 15 is 0 Å². The van der Waals surface area contributed by atoms with Crippen LogP contribution in [-0.2, 0) is 16.4 Å². The number of aromatic nitrogens is 3. The van der Waals surface area contributed by atoms with Crippen molar-refractivity contribution in [3.8, 4) is 16.9 Å². The quantitative estimate of drug-likeness (QED) is 0.653. The van der Waals surface area contributed by atoms with Gasteiger partial charge in [-0.2, -0.15) is 5.10 Å². The maximum atomic E-state index is 12.0. The summed E-state index contributed by atoms with van der Waals surface area (Å²) in [5.41, 5.74) is 3.62. The second-order valence-electron chi connectivity index (χ2n) is 6.29. The minimum atomic E-state index is -3.27. The van der Waals surface area contributed by atoms with Crippen molar-refractivity contribution in [3.63, 3.8) is 0 Å². The molecule has 1 aliphatic heterocycles. The highest BCUT2D eigenvalue weighted by Gasteiger charge is 2.12. The molecule has 26 heavy (non-hydrogen) atoms. The number of aryl methyl sites for hydroxylation is 1. The van der Waals surface area contributed by atoms with Crippen LogP contribution < -0.4 is 9.46 Å². The molecule has 0 radical (unpaired) electrons. The summed E-state index contributed by atoms with van der Waals surface area (Å²) in [7, 11) is -3.27. The van der Waals surface area contributed by atoms with Crippen LogP contribution in [0.1, 0.15) is 18.5 Å². The van der Waals surface area contributed by atoms with Crippen LogP contribution in [-0.4, -0.2) is 41.9 Å². The first-order valence-electron chi connectivity index (χ1n) is 8.65. The molecule has 0 atom stereocenters. The average molecular weight is 372 g/mol. The largest absolute Gasteiger partial charge is 0.494 e. The van der Waals surface area contributed by atoms with Crippen LogP contribution >= 0.6 is 0 Å². The predicted octanol–water partition coefficient (Wildman–Crippen LogP) is 2.03. The topological polar surface area (TPSA) is 85.6 Å². The van der Waals surface area contributed by atoms with Gasteiger partial charge >= 0.3 is 0 Å². The van der Waals surface area contributed by atoms with Crippen molar-refractivity contribution in [2.24, 2.45) is 0 Å². The highest BCUT2D eigenvalue weighted by molar-refractivity contribution is 7.89. The molecule has 0 amide bonds. The summed E-state index contributed by atoms with van der Waals surface area (Å²) in [5.74, 6) is 0.764. The van der Waals surface area contributed by atoms with E-state index < -0.39 is 10.0 Å². The Morgan fingerprint density at radius 3 is 3.04 bits per heavy atom. The Kier molecular flexibility index (Phi) is 4.60. The van der Waals surface area contributed by atoms with Crippen molar-refractivity contribution in [2.75, 3.05) is 18.9 Å². The van der Waals surface area contributed by atoms with Crippen molar-refractivity contribution in [3.05, 3.63) is 48.4 Å². The third-order valence-electron chi connectivity index (χ3n) is 4.33. The van der Waals surface area contributed by atoms with Crippen LogP contribution in [0.4, 0.5) is 0 Å². The van der Waals surface area contributed by atoms with Gasteiger partial charge in [0.25, 0.3) is 0 Å². The van der Waals surface area contributed by atoms with Crippen LogP contribution in [0.15, 0.2) is 42.7 Å². The predicted molar refractivity (Wildman–Crippen MR) is 98.6 cm³/mol. The molecule has 8 heteroatoms. The smallest absolute Gasteiger partial charge is 0.211 e. The van der Waals surface area contributed by atoms with Gasteiger partial charge in [-0.15, -0.1) is 0 Å². The second kappa shape index (κ2) is 7.05. The molecule has 7 nitrogen and oxygen atoms in total. The number of benzene rings is 1. The van der Waals surface area contributed by atoms with E-state index in [0.29, 0.717) is 38.2 Å². The summed E-state index contributed by atoms with van der Waals surface area (Å²) < 4.78 is 34.1.